The van der Waals surface area contributed by atoms with Gasteiger partial charge in [0.2, 0.25) is 5.95 Å². The number of aromatic nitrogens is 4. The maximum absolute atomic E-state index is 13.7. The van der Waals surface area contributed by atoms with E-state index in [0.29, 0.717) is 27.3 Å². The Morgan fingerprint density at radius 3 is 2.69 bits per heavy atom. The molecule has 3 aromatic heterocycles. The summed E-state index contributed by atoms with van der Waals surface area (Å²) >= 11 is 5.95. The number of nitrogens with one attached hydrogen (secondary N) is 2. The fourth-order valence-corrected chi connectivity index (χ4v) is 3.65. The van der Waals surface area contributed by atoms with Crippen molar-refractivity contribution in [3.63, 3.8) is 0 Å². The molecule has 0 spiro atoms. The maximum Gasteiger partial charge on any atom is 0.278 e. The van der Waals surface area contributed by atoms with E-state index in [1.165, 1.54) is 42.1 Å². The molecular formula is C22H14ClF2N5O2. The van der Waals surface area contributed by atoms with E-state index < -0.39 is 17.5 Å². The topological polar surface area (TPSA) is 84.3 Å². The first-order valence-electron chi connectivity index (χ1n) is 9.39. The lowest BCUT2D eigenvalue weighted by molar-refractivity contribution is 0.102. The number of fused-ring (bicyclic) bond motifs is 2. The number of halogens is 3. The van der Waals surface area contributed by atoms with Gasteiger partial charge in [-0.25, -0.2) is 18.7 Å². The average molecular weight is 454 g/mol. The Morgan fingerprint density at radius 2 is 1.91 bits per heavy atom. The summed E-state index contributed by atoms with van der Waals surface area (Å²) in [4.78, 5) is 24.3. The molecule has 0 aliphatic carbocycles. The van der Waals surface area contributed by atoms with Crippen LogP contribution in [-0.2, 0) is 0 Å². The zero-order chi connectivity index (χ0) is 22.4. The number of amides is 1. The van der Waals surface area contributed by atoms with Crippen LogP contribution in [-0.4, -0.2) is 32.4 Å². The standard InChI is InChI=1S/C22H14ClF2N5O2/c1-32-19-8-15(25)9-30-10-18(26-20(19)30)21(31)29-22-27-16-3-2-11(6-17(16)28-22)12-4-13(23)7-14(24)5-12/h2-10H,1H3,(H2,27,28,29,31). The molecular weight excluding hydrogens is 440 g/mol. The number of methoxy groups -OCH3 is 1. The molecule has 32 heavy (non-hydrogen) atoms. The van der Waals surface area contributed by atoms with Crippen LogP contribution < -0.4 is 10.1 Å². The van der Waals surface area contributed by atoms with Crippen LogP contribution in [0.2, 0.25) is 5.02 Å². The number of hydrogen-bond donors (Lipinski definition) is 2. The summed E-state index contributed by atoms with van der Waals surface area (Å²) in [6.45, 7) is 0. The van der Waals surface area contributed by atoms with Gasteiger partial charge < -0.3 is 14.1 Å². The molecule has 160 valence electrons. The summed E-state index contributed by atoms with van der Waals surface area (Å²) in [5.74, 6) is -1.09. The van der Waals surface area contributed by atoms with Gasteiger partial charge in [0, 0.05) is 23.5 Å². The molecule has 1 amide bonds. The van der Waals surface area contributed by atoms with E-state index in [2.05, 4.69) is 20.3 Å². The van der Waals surface area contributed by atoms with Crippen molar-refractivity contribution in [2.24, 2.45) is 0 Å². The Balaban J connectivity index is 1.44. The number of carbonyl (C=O) groups excluding carboxylic acids is 1. The second-order valence-electron chi connectivity index (χ2n) is 7.01. The van der Waals surface area contributed by atoms with E-state index in [9.17, 15) is 13.6 Å². The van der Waals surface area contributed by atoms with Gasteiger partial charge in [-0.3, -0.25) is 10.1 Å². The van der Waals surface area contributed by atoms with Crippen LogP contribution >= 0.6 is 11.6 Å². The van der Waals surface area contributed by atoms with Gasteiger partial charge >= 0.3 is 0 Å². The summed E-state index contributed by atoms with van der Waals surface area (Å²) in [7, 11) is 1.39. The van der Waals surface area contributed by atoms with Gasteiger partial charge in [0.25, 0.3) is 5.91 Å². The number of anilines is 1. The van der Waals surface area contributed by atoms with Crippen LogP contribution in [0.3, 0.4) is 0 Å². The Bertz CT molecular complexity index is 1490. The number of ether oxygens (including phenoxy) is 1. The number of hydrogen-bond acceptors (Lipinski definition) is 4. The highest BCUT2D eigenvalue weighted by Gasteiger charge is 2.16. The molecule has 2 aromatic carbocycles. The summed E-state index contributed by atoms with van der Waals surface area (Å²) in [6, 6.07) is 10.8. The van der Waals surface area contributed by atoms with Crippen molar-refractivity contribution in [1.29, 1.82) is 0 Å². The van der Waals surface area contributed by atoms with Crippen LogP contribution in [0.1, 0.15) is 10.5 Å². The summed E-state index contributed by atoms with van der Waals surface area (Å²) in [5, 5.41) is 2.93. The minimum absolute atomic E-state index is 0.0597. The minimum Gasteiger partial charge on any atom is -0.493 e. The van der Waals surface area contributed by atoms with Crippen molar-refractivity contribution in [3.8, 4) is 16.9 Å². The quantitative estimate of drug-likeness (QED) is 0.398. The number of rotatable bonds is 4. The number of aromatic amines is 1. The summed E-state index contributed by atoms with van der Waals surface area (Å²) in [5.41, 5.74) is 2.93. The Morgan fingerprint density at radius 1 is 1.06 bits per heavy atom. The molecule has 5 rings (SSSR count). The minimum atomic E-state index is -0.535. The number of carbonyl (C=O) groups is 1. The molecule has 0 atom stereocenters. The van der Waals surface area contributed by atoms with Crippen molar-refractivity contribution in [3.05, 3.63) is 77.2 Å². The Labute approximate surface area is 184 Å². The zero-order valence-corrected chi connectivity index (χ0v) is 17.2. The second kappa shape index (κ2) is 7.61. The van der Waals surface area contributed by atoms with Gasteiger partial charge in [-0.15, -0.1) is 0 Å². The summed E-state index contributed by atoms with van der Waals surface area (Å²) < 4.78 is 33.9. The smallest absolute Gasteiger partial charge is 0.278 e. The molecule has 7 nitrogen and oxygen atoms in total. The van der Waals surface area contributed by atoms with Crippen LogP contribution in [0.25, 0.3) is 27.8 Å². The van der Waals surface area contributed by atoms with E-state index in [-0.39, 0.29) is 17.4 Å². The van der Waals surface area contributed by atoms with Gasteiger partial charge in [0.15, 0.2) is 11.4 Å². The normalized spacial score (nSPS) is 11.2. The number of H-pyrrole nitrogens is 1. The molecule has 0 bridgehead atoms. The van der Waals surface area contributed by atoms with Crippen molar-refractivity contribution >= 4 is 40.1 Å². The second-order valence-corrected chi connectivity index (χ2v) is 7.45. The van der Waals surface area contributed by atoms with Gasteiger partial charge in [0.1, 0.15) is 17.3 Å². The molecule has 0 saturated carbocycles. The van der Waals surface area contributed by atoms with Gasteiger partial charge in [-0.2, -0.15) is 0 Å². The molecule has 0 fully saturated rings. The first-order chi connectivity index (χ1) is 15.4. The third-order valence-electron chi connectivity index (χ3n) is 4.85. The third kappa shape index (κ3) is 3.63. The molecule has 0 aliphatic heterocycles. The lowest BCUT2D eigenvalue weighted by Gasteiger charge is -2.03. The van der Waals surface area contributed by atoms with E-state index in [4.69, 9.17) is 16.3 Å². The molecule has 10 heteroatoms. The number of pyridine rings is 1. The highest BCUT2D eigenvalue weighted by molar-refractivity contribution is 6.30. The van der Waals surface area contributed by atoms with Gasteiger partial charge in [0.05, 0.1) is 18.1 Å². The van der Waals surface area contributed by atoms with Crippen molar-refractivity contribution in [1.82, 2.24) is 19.4 Å². The number of benzene rings is 2. The molecule has 0 aliphatic rings. The predicted molar refractivity (Wildman–Crippen MR) is 116 cm³/mol. The first-order valence-corrected chi connectivity index (χ1v) is 9.77. The zero-order valence-electron chi connectivity index (χ0n) is 16.5. The molecule has 0 radical (unpaired) electrons. The van der Waals surface area contributed by atoms with Crippen LogP contribution in [0.4, 0.5) is 14.7 Å². The number of imidazole rings is 2. The fourth-order valence-electron chi connectivity index (χ4n) is 3.43. The SMILES string of the molecule is COc1cc(F)cn2cc(C(=O)Nc3nc4cc(-c5cc(F)cc(Cl)c5)ccc4[nH]3)nc12. The van der Waals surface area contributed by atoms with Gasteiger partial charge in [-0.05, 0) is 41.5 Å². The van der Waals surface area contributed by atoms with E-state index >= 15 is 0 Å². The molecule has 2 N–H and O–H groups in total. The van der Waals surface area contributed by atoms with Crippen LogP contribution in [0.5, 0.6) is 5.75 Å². The highest BCUT2D eigenvalue weighted by Crippen LogP contribution is 2.28. The molecule has 0 unspecified atom stereocenters. The van der Waals surface area contributed by atoms with Crippen molar-refractivity contribution in [2.45, 2.75) is 0 Å². The molecule has 3 heterocycles. The van der Waals surface area contributed by atoms with Crippen LogP contribution in [0, 0.1) is 11.6 Å². The van der Waals surface area contributed by atoms with Crippen LogP contribution in [0.15, 0.2) is 54.9 Å². The third-order valence-corrected chi connectivity index (χ3v) is 5.07. The fraction of sp³-hybridized carbons (Fsp3) is 0.0455. The van der Waals surface area contributed by atoms with Crippen molar-refractivity contribution in [2.75, 3.05) is 12.4 Å². The van der Waals surface area contributed by atoms with E-state index in [1.54, 1.807) is 24.3 Å². The average Bonchev–Trinajstić information content (AvgIpc) is 3.35. The predicted octanol–water partition coefficient (Wildman–Crippen LogP) is 5.07. The summed E-state index contributed by atoms with van der Waals surface area (Å²) in [6.07, 6.45) is 2.59. The number of nitrogens with zero attached hydrogens (tertiary/aromatic N) is 3. The Hall–Kier alpha value is -3.98. The molecule has 0 saturated heterocycles. The van der Waals surface area contributed by atoms with E-state index in [0.717, 1.165) is 5.56 Å². The van der Waals surface area contributed by atoms with E-state index in [1.807, 2.05) is 0 Å². The largest absolute Gasteiger partial charge is 0.493 e. The lowest BCUT2D eigenvalue weighted by atomic mass is 10.1. The lowest BCUT2D eigenvalue weighted by Crippen LogP contribution is -2.13. The first kappa shape index (κ1) is 20.0. The van der Waals surface area contributed by atoms with Gasteiger partial charge in [-0.1, -0.05) is 17.7 Å². The maximum atomic E-state index is 13.7. The Kier molecular flexibility index (Phi) is 4.75. The monoisotopic (exact) mass is 453 g/mol. The highest BCUT2D eigenvalue weighted by atomic mass is 35.5. The molecule has 5 aromatic rings. The van der Waals surface area contributed by atoms with Crippen molar-refractivity contribution < 1.29 is 18.3 Å².